The number of primary amides is 1. The molecule has 0 saturated carbocycles. The first-order valence-corrected chi connectivity index (χ1v) is 9.97. The van der Waals surface area contributed by atoms with Crippen LogP contribution in [0.1, 0.15) is 23.5 Å². The van der Waals surface area contributed by atoms with E-state index in [-0.39, 0.29) is 30.1 Å². The van der Waals surface area contributed by atoms with Crippen molar-refractivity contribution in [1.29, 1.82) is 0 Å². The first-order valence-electron chi connectivity index (χ1n) is 9.59. The molecule has 0 fully saturated rings. The van der Waals surface area contributed by atoms with Crippen LogP contribution in [0.3, 0.4) is 0 Å². The fraction of sp³-hybridized carbons (Fsp3) is 0.227. The van der Waals surface area contributed by atoms with E-state index in [1.807, 2.05) is 12.1 Å². The summed E-state index contributed by atoms with van der Waals surface area (Å²) in [4.78, 5) is 39.7. The maximum Gasteiger partial charge on any atom is 0.314 e. The number of halogens is 2. The van der Waals surface area contributed by atoms with Gasteiger partial charge in [0.2, 0.25) is 0 Å². The molecule has 162 valence electrons. The van der Waals surface area contributed by atoms with E-state index in [1.54, 1.807) is 18.3 Å². The molecule has 9 heteroatoms. The highest BCUT2D eigenvalue weighted by atomic mass is 35.5. The molecule has 0 unspecified atom stereocenters. The number of aromatic amines is 1. The largest absolute Gasteiger partial charge is 0.481 e. The van der Waals surface area contributed by atoms with Crippen molar-refractivity contribution >= 4 is 34.4 Å². The van der Waals surface area contributed by atoms with Gasteiger partial charge in [-0.25, -0.2) is 9.18 Å². The zero-order valence-corrected chi connectivity index (χ0v) is 17.2. The molecule has 2 amide bonds. The van der Waals surface area contributed by atoms with Crippen molar-refractivity contribution in [2.24, 2.45) is 5.73 Å². The average Bonchev–Trinajstić information content (AvgIpc) is 2.74. The Balaban J connectivity index is 1.73. The van der Waals surface area contributed by atoms with Gasteiger partial charge in [0.1, 0.15) is 5.82 Å². The van der Waals surface area contributed by atoms with E-state index in [9.17, 15) is 23.9 Å². The van der Waals surface area contributed by atoms with Gasteiger partial charge in [0.05, 0.1) is 10.9 Å². The maximum atomic E-state index is 13.4. The Hall–Kier alpha value is -3.39. The van der Waals surface area contributed by atoms with E-state index >= 15 is 0 Å². The van der Waals surface area contributed by atoms with Crippen molar-refractivity contribution in [1.82, 2.24) is 9.88 Å². The van der Waals surface area contributed by atoms with Crippen LogP contribution in [-0.4, -0.2) is 40.1 Å². The van der Waals surface area contributed by atoms with Crippen LogP contribution in [0.5, 0.6) is 0 Å². The summed E-state index contributed by atoms with van der Waals surface area (Å²) in [6.45, 7) is 0.324. The second-order valence-electron chi connectivity index (χ2n) is 7.12. The Bertz CT molecular complexity index is 1180. The number of amides is 2. The lowest BCUT2D eigenvalue weighted by Gasteiger charge is -2.23. The molecule has 0 radical (unpaired) electrons. The third-order valence-electron chi connectivity index (χ3n) is 5.19. The lowest BCUT2D eigenvalue weighted by atomic mass is 9.95. The van der Waals surface area contributed by atoms with E-state index in [0.29, 0.717) is 17.4 Å². The highest BCUT2D eigenvalue weighted by molar-refractivity contribution is 6.30. The predicted octanol–water partition coefficient (Wildman–Crippen LogP) is 3.50. The molecule has 0 aliphatic carbocycles. The van der Waals surface area contributed by atoms with Crippen molar-refractivity contribution in [3.63, 3.8) is 0 Å². The smallest absolute Gasteiger partial charge is 0.314 e. The van der Waals surface area contributed by atoms with E-state index in [4.69, 9.17) is 17.3 Å². The van der Waals surface area contributed by atoms with Gasteiger partial charge in [-0.1, -0.05) is 35.9 Å². The van der Waals surface area contributed by atoms with Crippen molar-refractivity contribution in [2.45, 2.75) is 18.8 Å². The number of carbonyl (C=O) groups is 2. The number of nitrogens with two attached hydrogens (primary N) is 1. The minimum atomic E-state index is -1.11. The van der Waals surface area contributed by atoms with E-state index in [0.717, 1.165) is 17.0 Å². The highest BCUT2D eigenvalue weighted by Gasteiger charge is 2.23. The minimum Gasteiger partial charge on any atom is -0.481 e. The Labute approximate surface area is 182 Å². The molecule has 3 rings (SSSR count). The fourth-order valence-electron chi connectivity index (χ4n) is 3.51. The zero-order chi connectivity index (χ0) is 22.5. The second kappa shape index (κ2) is 9.61. The minimum absolute atomic E-state index is 0.0760. The number of urea groups is 1. The molecule has 0 spiro atoms. The summed E-state index contributed by atoms with van der Waals surface area (Å²) in [6.07, 6.45) is 2.09. The number of rotatable bonds is 8. The van der Waals surface area contributed by atoms with Crippen LogP contribution in [0.4, 0.5) is 9.18 Å². The lowest BCUT2D eigenvalue weighted by molar-refractivity contribution is -0.139. The van der Waals surface area contributed by atoms with Crippen LogP contribution in [0.2, 0.25) is 5.02 Å². The van der Waals surface area contributed by atoms with Gasteiger partial charge in [0, 0.05) is 24.7 Å². The van der Waals surface area contributed by atoms with Crippen molar-refractivity contribution in [2.75, 3.05) is 13.1 Å². The number of benzene rings is 2. The molecular formula is C22H21ClFN3O4. The van der Waals surface area contributed by atoms with Crippen LogP contribution in [0.25, 0.3) is 10.8 Å². The first kappa shape index (κ1) is 22.3. The summed E-state index contributed by atoms with van der Waals surface area (Å²) in [6, 6.07) is 10.2. The highest BCUT2D eigenvalue weighted by Crippen LogP contribution is 2.25. The van der Waals surface area contributed by atoms with Crippen LogP contribution < -0.4 is 11.3 Å². The number of hydrogen-bond acceptors (Lipinski definition) is 3. The molecule has 0 saturated heterocycles. The summed E-state index contributed by atoms with van der Waals surface area (Å²) in [7, 11) is 0. The molecule has 0 aliphatic rings. The lowest BCUT2D eigenvalue weighted by Crippen LogP contribution is -2.39. The van der Waals surface area contributed by atoms with Gasteiger partial charge in [0.25, 0.3) is 5.56 Å². The number of nitrogens with zero attached hydrogens (tertiary/aromatic N) is 1. The molecule has 3 aromatic rings. The van der Waals surface area contributed by atoms with Gasteiger partial charge in [-0.2, -0.15) is 0 Å². The maximum absolute atomic E-state index is 13.4. The Morgan fingerprint density at radius 3 is 2.52 bits per heavy atom. The molecule has 0 aliphatic heterocycles. The van der Waals surface area contributed by atoms with E-state index in [1.165, 1.54) is 17.0 Å². The average molecular weight is 446 g/mol. The van der Waals surface area contributed by atoms with Crippen molar-refractivity contribution in [3.8, 4) is 0 Å². The van der Waals surface area contributed by atoms with Crippen molar-refractivity contribution in [3.05, 3.63) is 81.0 Å². The Morgan fingerprint density at radius 2 is 1.87 bits per heavy atom. The molecule has 7 nitrogen and oxygen atoms in total. The summed E-state index contributed by atoms with van der Waals surface area (Å²) < 4.78 is 13.4. The molecule has 1 aromatic heterocycles. The van der Waals surface area contributed by atoms with Gasteiger partial charge in [-0.15, -0.1) is 0 Å². The number of aliphatic carboxylic acids is 1. The second-order valence-corrected chi connectivity index (χ2v) is 7.52. The number of fused-ring (bicyclic) bond motifs is 1. The number of nitrogens with one attached hydrogen (secondary N) is 1. The summed E-state index contributed by atoms with van der Waals surface area (Å²) >= 11 is 5.77. The molecule has 31 heavy (non-hydrogen) atoms. The van der Waals surface area contributed by atoms with Crippen LogP contribution in [0.15, 0.2) is 53.5 Å². The summed E-state index contributed by atoms with van der Waals surface area (Å²) in [5.41, 5.74) is 6.47. The van der Waals surface area contributed by atoms with Gasteiger partial charge in [0.15, 0.2) is 0 Å². The SMILES string of the molecule is NC(=O)N(CCc1c[nH]c(=O)c2ccccc12)CC[C@@H](C(=O)O)c1ccc(F)c(Cl)c1. The third kappa shape index (κ3) is 5.21. The predicted molar refractivity (Wildman–Crippen MR) is 116 cm³/mol. The zero-order valence-electron chi connectivity index (χ0n) is 16.5. The van der Waals surface area contributed by atoms with E-state index < -0.39 is 23.7 Å². The van der Waals surface area contributed by atoms with Crippen LogP contribution >= 0.6 is 11.6 Å². The summed E-state index contributed by atoms with van der Waals surface area (Å²) in [5, 5.41) is 10.7. The van der Waals surface area contributed by atoms with Crippen LogP contribution in [-0.2, 0) is 11.2 Å². The van der Waals surface area contributed by atoms with E-state index in [2.05, 4.69) is 4.98 Å². The summed E-state index contributed by atoms with van der Waals surface area (Å²) in [5.74, 6) is -2.73. The van der Waals surface area contributed by atoms with Gasteiger partial charge < -0.3 is 20.7 Å². The Kier molecular flexibility index (Phi) is 6.91. The number of aromatic nitrogens is 1. The molecule has 0 bridgehead atoms. The first-order chi connectivity index (χ1) is 14.8. The number of carbonyl (C=O) groups excluding carboxylic acids is 1. The molecule has 4 N–H and O–H groups in total. The topological polar surface area (TPSA) is 116 Å². The standard InChI is InChI=1S/C22H21ClFN3O4/c23-18-11-13(5-6-19(18)24)16(21(29)30)8-10-27(22(25)31)9-7-14-12-26-20(28)17-4-2-1-3-15(14)17/h1-6,11-12,16H,7-10H2,(H2,25,31)(H,26,28)(H,29,30)/t16-/m1/s1. The monoisotopic (exact) mass is 445 g/mol. The van der Waals surface area contributed by atoms with Gasteiger partial charge in [-0.3, -0.25) is 9.59 Å². The number of H-pyrrole nitrogens is 1. The quantitative estimate of drug-likeness (QED) is 0.492. The van der Waals surface area contributed by atoms with Crippen molar-refractivity contribution < 1.29 is 19.1 Å². The number of hydrogen-bond donors (Lipinski definition) is 3. The van der Waals surface area contributed by atoms with Gasteiger partial charge in [-0.05, 0) is 47.6 Å². The van der Waals surface area contributed by atoms with Crippen LogP contribution in [0, 0.1) is 5.82 Å². The number of carboxylic acids is 1. The molecular weight excluding hydrogens is 425 g/mol. The fourth-order valence-corrected chi connectivity index (χ4v) is 3.70. The van der Waals surface area contributed by atoms with Gasteiger partial charge >= 0.3 is 12.0 Å². The normalized spacial score (nSPS) is 11.9. The molecule has 1 heterocycles. The Morgan fingerprint density at radius 1 is 1.16 bits per heavy atom. The molecule has 1 atom stereocenters. The third-order valence-corrected chi connectivity index (χ3v) is 5.48. The number of carboxylic acid groups (broad SMARTS) is 1. The number of pyridine rings is 1. The molecule has 2 aromatic carbocycles.